The zero-order valence-corrected chi connectivity index (χ0v) is 14.9. The van der Waals surface area contributed by atoms with Crippen molar-refractivity contribution in [1.29, 1.82) is 0 Å². The lowest BCUT2D eigenvalue weighted by Crippen LogP contribution is -2.34. The lowest BCUT2D eigenvalue weighted by Gasteiger charge is -2.21. The third-order valence-corrected chi connectivity index (χ3v) is 6.23. The maximum absolute atomic E-state index is 13.0. The summed E-state index contributed by atoms with van der Waals surface area (Å²) in [6.45, 7) is 4.26. The Morgan fingerprint density at radius 2 is 1.64 bits per heavy atom. The van der Waals surface area contributed by atoms with Gasteiger partial charge in [0.2, 0.25) is 10.0 Å². The summed E-state index contributed by atoms with van der Waals surface area (Å²) in [5.41, 5.74) is 0.676. The van der Waals surface area contributed by atoms with Crippen molar-refractivity contribution >= 4 is 16.0 Å². The van der Waals surface area contributed by atoms with E-state index in [2.05, 4.69) is 0 Å². The van der Waals surface area contributed by atoms with Crippen molar-refractivity contribution in [2.24, 2.45) is 11.8 Å². The van der Waals surface area contributed by atoms with Gasteiger partial charge in [0.15, 0.2) is 0 Å². The Hall–Kier alpha value is -1.61. The number of benzene rings is 1. The molecule has 2 atom stereocenters. The molecule has 0 aromatic heterocycles. The summed E-state index contributed by atoms with van der Waals surface area (Å²) in [6, 6.07) is 5.90. The van der Waals surface area contributed by atoms with Crippen LogP contribution in [0.15, 0.2) is 29.2 Å². The fourth-order valence-electron chi connectivity index (χ4n) is 2.82. The molecule has 25 heavy (non-hydrogen) atoms. The smallest absolute Gasteiger partial charge is 0.393 e. The van der Waals surface area contributed by atoms with Crippen LogP contribution in [0.1, 0.15) is 26.3 Å². The number of carboxylic acid groups (broad SMARTS) is 1. The summed E-state index contributed by atoms with van der Waals surface area (Å²) in [4.78, 5) is 11.0. The first-order valence-corrected chi connectivity index (χ1v) is 9.09. The fourth-order valence-corrected chi connectivity index (χ4v) is 4.31. The van der Waals surface area contributed by atoms with Crippen LogP contribution in [-0.2, 0) is 20.2 Å². The standard InChI is InChI=1S/C16H20F3NO4S/c1-15(2,3)10-4-6-11(7-5-10)25(23,24)20-8-12(14(21)22)13(9-20)16(17,18)19/h4-7,12-13H,8-9H2,1-3H3,(H,21,22)/t12-,13-/m1/s1. The molecule has 0 unspecified atom stereocenters. The summed E-state index contributed by atoms with van der Waals surface area (Å²) in [7, 11) is -4.19. The van der Waals surface area contributed by atoms with Crippen molar-refractivity contribution in [3.8, 4) is 0 Å². The first-order valence-electron chi connectivity index (χ1n) is 7.65. The van der Waals surface area contributed by atoms with E-state index in [-0.39, 0.29) is 10.3 Å². The van der Waals surface area contributed by atoms with E-state index in [1.807, 2.05) is 20.8 Å². The summed E-state index contributed by atoms with van der Waals surface area (Å²) < 4.78 is 64.9. The van der Waals surface area contributed by atoms with Gasteiger partial charge in [-0.25, -0.2) is 8.42 Å². The SMILES string of the molecule is CC(C)(C)c1ccc(S(=O)(=O)N2C[C@@H](C(F)(F)F)[C@H](C(=O)O)C2)cc1. The van der Waals surface area contributed by atoms with Crippen molar-refractivity contribution in [3.63, 3.8) is 0 Å². The van der Waals surface area contributed by atoms with Gasteiger partial charge in [0, 0.05) is 13.1 Å². The fraction of sp³-hybridized carbons (Fsp3) is 0.562. The van der Waals surface area contributed by atoms with E-state index in [0.29, 0.717) is 4.31 Å². The summed E-state index contributed by atoms with van der Waals surface area (Å²) in [6.07, 6.45) is -4.77. The normalized spacial score (nSPS) is 23.0. The number of nitrogens with zero attached hydrogens (tertiary/aromatic N) is 1. The van der Waals surface area contributed by atoms with E-state index in [1.54, 1.807) is 12.1 Å². The average molecular weight is 379 g/mol. The van der Waals surface area contributed by atoms with Crippen molar-refractivity contribution in [1.82, 2.24) is 4.31 Å². The first-order chi connectivity index (χ1) is 11.2. The van der Waals surface area contributed by atoms with E-state index in [1.165, 1.54) is 12.1 Å². The summed E-state index contributed by atoms with van der Waals surface area (Å²) in [5.74, 6) is -5.67. The molecule has 5 nitrogen and oxygen atoms in total. The van der Waals surface area contributed by atoms with Gasteiger partial charge in [0.05, 0.1) is 16.7 Å². The molecule has 1 aliphatic heterocycles. The van der Waals surface area contributed by atoms with Crippen LogP contribution in [0, 0.1) is 11.8 Å². The predicted octanol–water partition coefficient (Wildman–Crippen LogP) is 2.87. The zero-order chi connectivity index (χ0) is 19.2. The first kappa shape index (κ1) is 19.7. The van der Waals surface area contributed by atoms with E-state index >= 15 is 0 Å². The van der Waals surface area contributed by atoms with Gasteiger partial charge in [0.25, 0.3) is 0 Å². The molecule has 0 radical (unpaired) electrons. The van der Waals surface area contributed by atoms with Gasteiger partial charge >= 0.3 is 12.1 Å². The molecule has 0 amide bonds. The molecule has 1 fully saturated rings. The van der Waals surface area contributed by atoms with Crippen LogP contribution in [0.2, 0.25) is 0 Å². The molecule has 1 aliphatic rings. The average Bonchev–Trinajstić information content (AvgIpc) is 2.92. The Morgan fingerprint density at radius 1 is 1.12 bits per heavy atom. The lowest BCUT2D eigenvalue weighted by molar-refractivity contribution is -0.187. The highest BCUT2D eigenvalue weighted by Gasteiger charge is 2.54. The predicted molar refractivity (Wildman–Crippen MR) is 84.6 cm³/mol. The second-order valence-corrected chi connectivity index (χ2v) is 9.13. The molecule has 1 aromatic carbocycles. The third kappa shape index (κ3) is 3.98. The quantitative estimate of drug-likeness (QED) is 0.876. The van der Waals surface area contributed by atoms with Crippen LogP contribution in [-0.4, -0.2) is 43.1 Å². The maximum Gasteiger partial charge on any atom is 0.393 e. The monoisotopic (exact) mass is 379 g/mol. The molecule has 9 heteroatoms. The third-order valence-electron chi connectivity index (χ3n) is 4.38. The van der Waals surface area contributed by atoms with Crippen molar-refractivity contribution in [3.05, 3.63) is 29.8 Å². The number of carboxylic acids is 1. The number of hydrogen-bond acceptors (Lipinski definition) is 3. The van der Waals surface area contributed by atoms with Gasteiger partial charge in [-0.15, -0.1) is 0 Å². The minimum absolute atomic E-state index is 0.146. The van der Waals surface area contributed by atoms with Crippen LogP contribution < -0.4 is 0 Å². The Balaban J connectivity index is 2.33. The largest absolute Gasteiger partial charge is 0.481 e. The van der Waals surface area contributed by atoms with Crippen LogP contribution in [0.5, 0.6) is 0 Å². The van der Waals surface area contributed by atoms with Crippen LogP contribution in [0.4, 0.5) is 13.2 Å². The number of sulfonamides is 1. The molecule has 0 spiro atoms. The number of hydrogen-bond donors (Lipinski definition) is 1. The topological polar surface area (TPSA) is 74.7 Å². The molecular weight excluding hydrogens is 359 g/mol. The van der Waals surface area contributed by atoms with Gasteiger partial charge in [-0.2, -0.15) is 17.5 Å². The molecule has 1 N–H and O–H groups in total. The molecule has 0 bridgehead atoms. The summed E-state index contributed by atoms with van der Waals surface area (Å²) >= 11 is 0. The molecule has 0 aliphatic carbocycles. The second-order valence-electron chi connectivity index (χ2n) is 7.19. The van der Waals surface area contributed by atoms with E-state index in [9.17, 15) is 26.4 Å². The molecule has 1 heterocycles. The molecule has 1 saturated heterocycles. The number of carbonyl (C=O) groups is 1. The van der Waals surface area contributed by atoms with Gasteiger partial charge in [-0.3, -0.25) is 4.79 Å². The number of alkyl halides is 3. The van der Waals surface area contributed by atoms with E-state index in [4.69, 9.17) is 5.11 Å². The Kier molecular flexibility index (Phi) is 4.95. The molecule has 140 valence electrons. The number of halogens is 3. The highest BCUT2D eigenvalue weighted by atomic mass is 32.2. The van der Waals surface area contributed by atoms with Crippen molar-refractivity contribution in [2.45, 2.75) is 37.3 Å². The molecule has 0 saturated carbocycles. The lowest BCUT2D eigenvalue weighted by atomic mass is 9.87. The van der Waals surface area contributed by atoms with Gasteiger partial charge in [-0.1, -0.05) is 32.9 Å². The Labute approximate surface area is 144 Å². The Bertz CT molecular complexity index is 751. The maximum atomic E-state index is 13.0. The van der Waals surface area contributed by atoms with Gasteiger partial charge < -0.3 is 5.11 Å². The van der Waals surface area contributed by atoms with Crippen molar-refractivity contribution in [2.75, 3.05) is 13.1 Å². The number of aliphatic carboxylic acids is 1. The number of rotatable bonds is 3. The minimum Gasteiger partial charge on any atom is -0.481 e. The molecular formula is C16H20F3NO4S. The highest BCUT2D eigenvalue weighted by Crippen LogP contribution is 2.39. The van der Waals surface area contributed by atoms with Crippen LogP contribution >= 0.6 is 0 Å². The highest BCUT2D eigenvalue weighted by molar-refractivity contribution is 7.89. The summed E-state index contributed by atoms with van der Waals surface area (Å²) in [5, 5.41) is 9.01. The molecule has 2 rings (SSSR count). The second kappa shape index (κ2) is 6.28. The minimum atomic E-state index is -4.77. The van der Waals surface area contributed by atoms with E-state index < -0.39 is 47.1 Å². The van der Waals surface area contributed by atoms with Crippen LogP contribution in [0.3, 0.4) is 0 Å². The Morgan fingerprint density at radius 3 is 2.00 bits per heavy atom. The van der Waals surface area contributed by atoms with Crippen molar-refractivity contribution < 1.29 is 31.5 Å². The molecule has 1 aromatic rings. The zero-order valence-electron chi connectivity index (χ0n) is 14.0. The van der Waals surface area contributed by atoms with Gasteiger partial charge in [0.1, 0.15) is 0 Å². The van der Waals surface area contributed by atoms with Gasteiger partial charge in [-0.05, 0) is 23.1 Å². The van der Waals surface area contributed by atoms with Crippen LogP contribution in [0.25, 0.3) is 0 Å². The van der Waals surface area contributed by atoms with E-state index in [0.717, 1.165) is 5.56 Å².